The predicted molar refractivity (Wildman–Crippen MR) is 85.3 cm³/mol. The lowest BCUT2D eigenvalue weighted by Crippen LogP contribution is -2.47. The van der Waals surface area contributed by atoms with Gasteiger partial charge >= 0.3 is 5.97 Å². The number of carbonyl (C=O) groups is 1. The van der Waals surface area contributed by atoms with Crippen LogP contribution in [-0.2, 0) is 0 Å². The molecule has 5 nitrogen and oxygen atoms in total. The van der Waals surface area contributed by atoms with Gasteiger partial charge in [-0.2, -0.15) is 0 Å². The van der Waals surface area contributed by atoms with Crippen LogP contribution in [0.1, 0.15) is 24.2 Å². The van der Waals surface area contributed by atoms with E-state index in [1.165, 1.54) is 12.3 Å². The van der Waals surface area contributed by atoms with Crippen LogP contribution < -0.4 is 4.90 Å². The molecule has 1 saturated heterocycles. The molecule has 0 unspecified atom stereocenters. The van der Waals surface area contributed by atoms with Crippen molar-refractivity contribution >= 4 is 22.6 Å². The molecule has 3 rings (SSSR count). The van der Waals surface area contributed by atoms with Crippen molar-refractivity contribution < 1.29 is 15.0 Å². The van der Waals surface area contributed by atoms with Gasteiger partial charge < -0.3 is 15.1 Å². The third kappa shape index (κ3) is 2.52. The van der Waals surface area contributed by atoms with E-state index < -0.39 is 5.97 Å². The van der Waals surface area contributed by atoms with Gasteiger partial charge in [0.1, 0.15) is 0 Å². The first-order valence-corrected chi connectivity index (χ1v) is 7.52. The molecule has 1 aliphatic heterocycles. The number of benzene rings is 1. The van der Waals surface area contributed by atoms with E-state index in [1.54, 1.807) is 0 Å². The molecule has 1 aromatic heterocycles. The molecule has 2 heterocycles. The molecule has 0 amide bonds. The maximum atomic E-state index is 11.4. The number of aliphatic hydroxyl groups is 1. The molecule has 1 fully saturated rings. The Balaban J connectivity index is 2.01. The highest BCUT2D eigenvalue weighted by atomic mass is 16.4. The number of piperidine rings is 1. The molecule has 0 spiro atoms. The molecule has 1 aromatic carbocycles. The van der Waals surface area contributed by atoms with E-state index in [9.17, 15) is 15.0 Å². The number of rotatable bonds is 2. The molecule has 5 heteroatoms. The fraction of sp³-hybridized carbons (Fsp3) is 0.412. The highest BCUT2D eigenvalue weighted by Crippen LogP contribution is 2.29. The zero-order valence-electron chi connectivity index (χ0n) is 12.7. The third-order valence-electron chi connectivity index (χ3n) is 4.50. The van der Waals surface area contributed by atoms with Crippen LogP contribution in [0.4, 0.5) is 5.69 Å². The lowest BCUT2D eigenvalue weighted by Gasteiger charge is -2.40. The largest absolute Gasteiger partial charge is 0.478 e. The Morgan fingerprint density at radius 2 is 1.91 bits per heavy atom. The van der Waals surface area contributed by atoms with Crippen LogP contribution in [0.2, 0.25) is 0 Å². The summed E-state index contributed by atoms with van der Waals surface area (Å²) in [5.41, 5.74) is 1.93. The Morgan fingerprint density at radius 1 is 1.23 bits per heavy atom. The number of carboxylic acids is 1. The molecule has 116 valence electrons. The van der Waals surface area contributed by atoms with Gasteiger partial charge in [-0.05, 0) is 36.1 Å². The van der Waals surface area contributed by atoms with Crippen molar-refractivity contribution in [3.05, 3.63) is 36.0 Å². The number of anilines is 1. The minimum absolute atomic E-state index is 0.187. The molecule has 2 N–H and O–H groups in total. The van der Waals surface area contributed by atoms with Crippen LogP contribution in [0.5, 0.6) is 0 Å². The van der Waals surface area contributed by atoms with Crippen LogP contribution in [0.15, 0.2) is 30.5 Å². The smallest absolute Gasteiger partial charge is 0.336 e. The zero-order chi connectivity index (χ0) is 15.9. The Hall–Kier alpha value is -2.14. The average Bonchev–Trinajstić information content (AvgIpc) is 2.50. The van der Waals surface area contributed by atoms with Gasteiger partial charge in [0.15, 0.2) is 0 Å². The highest BCUT2D eigenvalue weighted by Gasteiger charge is 2.30. The fourth-order valence-corrected chi connectivity index (χ4v) is 3.27. The maximum absolute atomic E-state index is 11.4. The van der Waals surface area contributed by atoms with Crippen LogP contribution >= 0.6 is 0 Å². The van der Waals surface area contributed by atoms with E-state index in [1.807, 2.05) is 32.0 Å². The number of pyridine rings is 1. The fourth-order valence-electron chi connectivity index (χ4n) is 3.27. The highest BCUT2D eigenvalue weighted by molar-refractivity contribution is 6.03. The summed E-state index contributed by atoms with van der Waals surface area (Å²) < 4.78 is 0. The zero-order valence-corrected chi connectivity index (χ0v) is 12.7. The van der Waals surface area contributed by atoms with E-state index in [0.717, 1.165) is 18.8 Å². The molecule has 22 heavy (non-hydrogen) atoms. The average molecular weight is 300 g/mol. The quantitative estimate of drug-likeness (QED) is 0.891. The maximum Gasteiger partial charge on any atom is 0.336 e. The second-order valence-electron chi connectivity index (χ2n) is 6.22. The van der Waals surface area contributed by atoms with Crippen molar-refractivity contribution in [3.8, 4) is 0 Å². The molecule has 1 aliphatic rings. The number of carboxylic acid groups (broad SMARTS) is 1. The second kappa shape index (κ2) is 5.57. The van der Waals surface area contributed by atoms with Crippen LogP contribution in [0.3, 0.4) is 0 Å². The van der Waals surface area contributed by atoms with Crippen LogP contribution in [0, 0.1) is 11.8 Å². The van der Waals surface area contributed by atoms with Crippen molar-refractivity contribution in [3.63, 3.8) is 0 Å². The summed E-state index contributed by atoms with van der Waals surface area (Å²) in [4.78, 5) is 17.8. The van der Waals surface area contributed by atoms with Gasteiger partial charge in [0.2, 0.25) is 0 Å². The van der Waals surface area contributed by atoms with E-state index in [-0.39, 0.29) is 23.5 Å². The third-order valence-corrected chi connectivity index (χ3v) is 4.50. The monoisotopic (exact) mass is 300 g/mol. The lowest BCUT2D eigenvalue weighted by atomic mass is 9.88. The van der Waals surface area contributed by atoms with Gasteiger partial charge in [0.25, 0.3) is 0 Å². The number of hydrogen-bond acceptors (Lipinski definition) is 4. The van der Waals surface area contributed by atoms with E-state index in [2.05, 4.69) is 9.88 Å². The number of aromatic carboxylic acids is 1. The second-order valence-corrected chi connectivity index (χ2v) is 6.22. The Morgan fingerprint density at radius 3 is 2.55 bits per heavy atom. The van der Waals surface area contributed by atoms with Crippen LogP contribution in [0.25, 0.3) is 10.9 Å². The van der Waals surface area contributed by atoms with Crippen molar-refractivity contribution in [2.45, 2.75) is 20.0 Å². The lowest BCUT2D eigenvalue weighted by molar-refractivity contribution is 0.0530. The van der Waals surface area contributed by atoms with Gasteiger partial charge in [-0.25, -0.2) is 4.79 Å². The molecule has 0 aliphatic carbocycles. The number of aliphatic hydroxyl groups excluding tert-OH is 1. The van der Waals surface area contributed by atoms with Gasteiger partial charge in [0, 0.05) is 30.4 Å². The topological polar surface area (TPSA) is 73.7 Å². The van der Waals surface area contributed by atoms with E-state index in [4.69, 9.17) is 0 Å². The van der Waals surface area contributed by atoms with Crippen molar-refractivity contribution in [2.24, 2.45) is 11.8 Å². The summed E-state index contributed by atoms with van der Waals surface area (Å²) in [6, 6.07) is 7.25. The molecule has 0 saturated carbocycles. The molecular formula is C17H20N2O3. The Bertz CT molecular complexity index is 704. The van der Waals surface area contributed by atoms with Crippen LogP contribution in [-0.4, -0.2) is 40.4 Å². The first kappa shape index (κ1) is 14.8. The Labute approximate surface area is 129 Å². The Kier molecular flexibility index (Phi) is 3.74. The first-order valence-electron chi connectivity index (χ1n) is 7.52. The van der Waals surface area contributed by atoms with Crippen molar-refractivity contribution in [1.29, 1.82) is 0 Å². The van der Waals surface area contributed by atoms with Gasteiger partial charge in [0.05, 0.1) is 17.2 Å². The van der Waals surface area contributed by atoms with E-state index in [0.29, 0.717) is 10.9 Å². The number of nitrogens with zero attached hydrogens (tertiary/aromatic N) is 2. The number of aromatic nitrogens is 1. The minimum atomic E-state index is -0.944. The van der Waals surface area contributed by atoms with Gasteiger partial charge in [-0.1, -0.05) is 13.8 Å². The minimum Gasteiger partial charge on any atom is -0.478 e. The predicted octanol–water partition coefficient (Wildman–Crippen LogP) is 2.39. The van der Waals surface area contributed by atoms with Gasteiger partial charge in [-0.3, -0.25) is 4.98 Å². The summed E-state index contributed by atoms with van der Waals surface area (Å²) in [5, 5.41) is 20.1. The summed E-state index contributed by atoms with van der Waals surface area (Å²) in [6.45, 7) is 5.61. The molecule has 0 radical (unpaired) electrons. The first-order chi connectivity index (χ1) is 10.5. The summed E-state index contributed by atoms with van der Waals surface area (Å²) >= 11 is 0. The standard InChI is InChI=1S/C17H20N2O3/c1-10-8-19(9-11(2)16(10)20)12-3-4-15-14(7-12)13(17(21)22)5-6-18-15/h3-7,10-11,16,20H,8-9H2,1-2H3,(H,21,22)/t10-,11+,16-. The van der Waals surface area contributed by atoms with Gasteiger partial charge in [-0.15, -0.1) is 0 Å². The molecule has 2 aromatic rings. The summed E-state index contributed by atoms with van der Waals surface area (Å²) in [7, 11) is 0. The number of hydrogen-bond donors (Lipinski definition) is 2. The van der Waals surface area contributed by atoms with Crippen molar-refractivity contribution in [1.82, 2.24) is 4.98 Å². The molecular weight excluding hydrogens is 280 g/mol. The summed E-state index contributed by atoms with van der Waals surface area (Å²) in [5.74, 6) is -0.570. The number of fused-ring (bicyclic) bond motifs is 1. The SMILES string of the molecule is C[C@@H]1CN(c2ccc3nccc(C(=O)O)c3c2)C[C@H](C)[C@@H]1O. The molecule has 0 bridgehead atoms. The normalized spacial score (nSPS) is 25.4. The summed E-state index contributed by atoms with van der Waals surface area (Å²) in [6.07, 6.45) is 1.24. The molecule has 3 atom stereocenters. The van der Waals surface area contributed by atoms with E-state index >= 15 is 0 Å². The van der Waals surface area contributed by atoms with Crippen molar-refractivity contribution in [2.75, 3.05) is 18.0 Å².